The van der Waals surface area contributed by atoms with E-state index in [-0.39, 0.29) is 24.0 Å². The van der Waals surface area contributed by atoms with E-state index in [1.165, 1.54) is 38.5 Å². The number of guanidine groups is 1. The number of halogens is 1. The second-order valence-corrected chi connectivity index (χ2v) is 6.88. The summed E-state index contributed by atoms with van der Waals surface area (Å²) in [5, 5.41) is 6.77. The van der Waals surface area contributed by atoms with Crippen molar-refractivity contribution in [1.82, 2.24) is 10.6 Å². The second kappa shape index (κ2) is 14.1. The minimum Gasteiger partial charge on any atom is -0.381 e. The number of ether oxygens (including phenoxy) is 2. The summed E-state index contributed by atoms with van der Waals surface area (Å²) in [4.78, 5) is 4.28. The first-order valence-corrected chi connectivity index (χ1v) is 9.48. The normalized spacial score (nSPS) is 21.7. The van der Waals surface area contributed by atoms with Crippen LogP contribution in [0, 0.1) is 11.8 Å². The zero-order valence-corrected chi connectivity index (χ0v) is 17.6. The molecule has 142 valence electrons. The van der Waals surface area contributed by atoms with Gasteiger partial charge in [0.15, 0.2) is 5.96 Å². The summed E-state index contributed by atoms with van der Waals surface area (Å²) in [5.74, 6) is 2.51. The smallest absolute Gasteiger partial charge is 0.190 e. The maximum atomic E-state index is 5.71. The van der Waals surface area contributed by atoms with Gasteiger partial charge < -0.3 is 20.1 Å². The van der Waals surface area contributed by atoms with Crippen LogP contribution >= 0.6 is 24.0 Å². The Labute approximate surface area is 164 Å². The Morgan fingerprint density at radius 2 is 1.83 bits per heavy atom. The topological polar surface area (TPSA) is 54.9 Å². The largest absolute Gasteiger partial charge is 0.381 e. The lowest BCUT2D eigenvalue weighted by Crippen LogP contribution is -2.38. The van der Waals surface area contributed by atoms with Crippen LogP contribution in [-0.2, 0) is 9.47 Å². The monoisotopic (exact) mass is 453 g/mol. The molecule has 1 aliphatic carbocycles. The van der Waals surface area contributed by atoms with E-state index >= 15 is 0 Å². The third-order valence-corrected chi connectivity index (χ3v) is 4.92. The fourth-order valence-electron chi connectivity index (χ4n) is 3.46. The molecular weight excluding hydrogens is 417 g/mol. The maximum absolute atomic E-state index is 5.71. The van der Waals surface area contributed by atoms with Crippen molar-refractivity contribution in [1.29, 1.82) is 0 Å². The maximum Gasteiger partial charge on any atom is 0.190 e. The fraction of sp³-hybridized carbons (Fsp3) is 0.944. The summed E-state index contributed by atoms with van der Waals surface area (Å²) < 4.78 is 11.1. The van der Waals surface area contributed by atoms with Gasteiger partial charge in [-0.2, -0.15) is 0 Å². The SMILES string of the molecule is CN=C(NCCCOCC1CCOC1)NCCCC1CCCC1.I. The van der Waals surface area contributed by atoms with E-state index in [4.69, 9.17) is 9.47 Å². The third-order valence-electron chi connectivity index (χ3n) is 4.92. The highest BCUT2D eigenvalue weighted by Crippen LogP contribution is 2.28. The molecule has 6 heteroatoms. The van der Waals surface area contributed by atoms with E-state index in [1.54, 1.807) is 0 Å². The van der Waals surface area contributed by atoms with E-state index in [2.05, 4.69) is 15.6 Å². The predicted molar refractivity (Wildman–Crippen MR) is 110 cm³/mol. The summed E-state index contributed by atoms with van der Waals surface area (Å²) in [6, 6.07) is 0. The highest BCUT2D eigenvalue weighted by atomic mass is 127. The summed E-state index contributed by atoms with van der Waals surface area (Å²) in [5.41, 5.74) is 0. The molecule has 24 heavy (non-hydrogen) atoms. The lowest BCUT2D eigenvalue weighted by atomic mass is 10.0. The molecule has 2 rings (SSSR count). The van der Waals surface area contributed by atoms with Crippen LogP contribution in [0.25, 0.3) is 0 Å². The van der Waals surface area contributed by atoms with Crippen molar-refractivity contribution in [2.45, 2.75) is 51.4 Å². The van der Waals surface area contributed by atoms with Gasteiger partial charge in [-0.05, 0) is 31.6 Å². The van der Waals surface area contributed by atoms with Gasteiger partial charge in [-0.1, -0.05) is 25.7 Å². The first-order chi connectivity index (χ1) is 11.4. The molecule has 2 fully saturated rings. The molecule has 5 nitrogen and oxygen atoms in total. The molecule has 1 atom stereocenters. The van der Waals surface area contributed by atoms with Gasteiger partial charge in [0.05, 0.1) is 13.2 Å². The van der Waals surface area contributed by atoms with Gasteiger partial charge in [-0.25, -0.2) is 0 Å². The highest BCUT2D eigenvalue weighted by Gasteiger charge is 2.15. The lowest BCUT2D eigenvalue weighted by molar-refractivity contribution is 0.0888. The van der Waals surface area contributed by atoms with E-state index < -0.39 is 0 Å². The average Bonchev–Trinajstić information content (AvgIpc) is 3.26. The summed E-state index contributed by atoms with van der Waals surface area (Å²) in [6.07, 6.45) is 10.5. The zero-order valence-electron chi connectivity index (χ0n) is 15.2. The van der Waals surface area contributed by atoms with Crippen molar-refractivity contribution in [2.75, 3.05) is 46.6 Å². The van der Waals surface area contributed by atoms with Crippen molar-refractivity contribution >= 4 is 29.9 Å². The molecule has 1 saturated heterocycles. The number of hydrogen-bond donors (Lipinski definition) is 2. The van der Waals surface area contributed by atoms with Crippen LogP contribution in [-0.4, -0.2) is 52.5 Å². The highest BCUT2D eigenvalue weighted by molar-refractivity contribution is 14.0. The van der Waals surface area contributed by atoms with E-state index in [9.17, 15) is 0 Å². The molecule has 0 aromatic carbocycles. The van der Waals surface area contributed by atoms with Crippen LogP contribution in [0.5, 0.6) is 0 Å². The van der Waals surface area contributed by atoms with Crippen molar-refractivity contribution in [3.63, 3.8) is 0 Å². The molecule has 0 aromatic rings. The molecule has 0 amide bonds. The minimum atomic E-state index is 0. The lowest BCUT2D eigenvalue weighted by Gasteiger charge is -2.13. The fourth-order valence-corrected chi connectivity index (χ4v) is 3.46. The summed E-state index contributed by atoms with van der Waals surface area (Å²) >= 11 is 0. The molecule has 2 aliphatic rings. The van der Waals surface area contributed by atoms with Crippen LogP contribution in [0.1, 0.15) is 51.4 Å². The van der Waals surface area contributed by atoms with Gasteiger partial charge in [-0.3, -0.25) is 4.99 Å². The molecular formula is C18H36IN3O2. The first kappa shape index (κ1) is 22.0. The van der Waals surface area contributed by atoms with E-state index in [0.717, 1.165) is 64.2 Å². The molecule has 1 saturated carbocycles. The van der Waals surface area contributed by atoms with Gasteiger partial charge in [0, 0.05) is 39.3 Å². The van der Waals surface area contributed by atoms with Crippen molar-refractivity contribution < 1.29 is 9.47 Å². The standard InChI is InChI=1S/C18H35N3O2.HI/c1-19-18(20-10-4-8-16-6-2-3-7-16)21-11-5-12-22-14-17-9-13-23-15-17;/h16-17H,2-15H2,1H3,(H2,19,20,21);1H. The number of nitrogens with one attached hydrogen (secondary N) is 2. The van der Waals surface area contributed by atoms with Gasteiger partial charge in [0.25, 0.3) is 0 Å². The Balaban J connectivity index is 0.00000288. The van der Waals surface area contributed by atoms with E-state index in [0.29, 0.717) is 5.92 Å². The van der Waals surface area contributed by atoms with E-state index in [1.807, 2.05) is 7.05 Å². The molecule has 1 heterocycles. The third kappa shape index (κ3) is 9.42. The molecule has 0 spiro atoms. The van der Waals surface area contributed by atoms with Gasteiger partial charge in [0.2, 0.25) is 0 Å². The van der Waals surface area contributed by atoms with Crippen LogP contribution in [0.15, 0.2) is 4.99 Å². The van der Waals surface area contributed by atoms with Crippen LogP contribution in [0.4, 0.5) is 0 Å². The second-order valence-electron chi connectivity index (χ2n) is 6.88. The Morgan fingerprint density at radius 1 is 1.08 bits per heavy atom. The van der Waals surface area contributed by atoms with Crippen LogP contribution in [0.3, 0.4) is 0 Å². The van der Waals surface area contributed by atoms with Crippen molar-refractivity contribution in [3.05, 3.63) is 0 Å². The molecule has 0 bridgehead atoms. The Bertz CT molecular complexity index is 330. The minimum absolute atomic E-state index is 0. The Morgan fingerprint density at radius 3 is 2.50 bits per heavy atom. The average molecular weight is 453 g/mol. The van der Waals surface area contributed by atoms with Gasteiger partial charge in [-0.15, -0.1) is 24.0 Å². The zero-order chi connectivity index (χ0) is 16.2. The van der Waals surface area contributed by atoms with Crippen molar-refractivity contribution in [3.8, 4) is 0 Å². The number of nitrogens with zero attached hydrogens (tertiary/aromatic N) is 1. The molecule has 1 unspecified atom stereocenters. The molecule has 1 aliphatic heterocycles. The number of rotatable bonds is 10. The Kier molecular flexibility index (Phi) is 12.9. The molecule has 2 N–H and O–H groups in total. The predicted octanol–water partition coefficient (Wildman–Crippen LogP) is 3.18. The number of aliphatic imine (C=N–C) groups is 1. The molecule has 0 aromatic heterocycles. The Hall–Kier alpha value is -0.0800. The summed E-state index contributed by atoms with van der Waals surface area (Å²) in [7, 11) is 1.84. The first-order valence-electron chi connectivity index (χ1n) is 9.48. The van der Waals surface area contributed by atoms with Crippen LogP contribution in [0.2, 0.25) is 0 Å². The number of hydrogen-bond acceptors (Lipinski definition) is 3. The summed E-state index contributed by atoms with van der Waals surface area (Å²) in [6.45, 7) is 5.35. The quantitative estimate of drug-likeness (QED) is 0.231. The van der Waals surface area contributed by atoms with Crippen LogP contribution < -0.4 is 10.6 Å². The van der Waals surface area contributed by atoms with Gasteiger partial charge >= 0.3 is 0 Å². The van der Waals surface area contributed by atoms with Gasteiger partial charge in [0.1, 0.15) is 0 Å². The molecule has 0 radical (unpaired) electrons. The van der Waals surface area contributed by atoms with Crippen molar-refractivity contribution in [2.24, 2.45) is 16.8 Å².